The quantitative estimate of drug-likeness (QED) is 0.896. The first-order valence-corrected chi connectivity index (χ1v) is 8.90. The van der Waals surface area contributed by atoms with Gasteiger partial charge in [0.1, 0.15) is 0 Å². The molecule has 25 heavy (non-hydrogen) atoms. The lowest BCUT2D eigenvalue weighted by Crippen LogP contribution is -2.41. The minimum absolute atomic E-state index is 0.0918. The van der Waals surface area contributed by atoms with E-state index in [9.17, 15) is 9.90 Å². The maximum Gasteiger partial charge on any atom is 0.321 e. The van der Waals surface area contributed by atoms with Crippen LogP contribution in [-0.2, 0) is 0 Å². The second kappa shape index (κ2) is 7.70. The zero-order valence-electron chi connectivity index (χ0n) is 14.9. The van der Waals surface area contributed by atoms with Crippen LogP contribution >= 0.6 is 0 Å². The molecule has 0 unspecified atom stereocenters. The Morgan fingerprint density at radius 1 is 1.28 bits per heavy atom. The minimum Gasteiger partial charge on any atom is -0.396 e. The van der Waals surface area contributed by atoms with Crippen molar-refractivity contribution < 1.29 is 9.90 Å². The number of carbonyl (C=O) groups excluding carboxylic acids is 1. The fourth-order valence-corrected chi connectivity index (χ4v) is 3.30. The van der Waals surface area contributed by atoms with Crippen molar-refractivity contribution in [3.05, 3.63) is 42.2 Å². The van der Waals surface area contributed by atoms with Gasteiger partial charge >= 0.3 is 6.03 Å². The molecule has 1 aromatic carbocycles. The third-order valence-corrected chi connectivity index (χ3v) is 4.76. The Hall–Kier alpha value is -2.34. The molecule has 0 aliphatic carbocycles. The molecule has 1 aliphatic rings. The van der Waals surface area contributed by atoms with E-state index in [1.807, 2.05) is 39.9 Å². The van der Waals surface area contributed by atoms with Gasteiger partial charge in [0.2, 0.25) is 0 Å². The van der Waals surface area contributed by atoms with Crippen LogP contribution in [0.15, 0.2) is 36.5 Å². The lowest BCUT2D eigenvalue weighted by atomic mass is 9.98. The van der Waals surface area contributed by atoms with Gasteiger partial charge in [0.25, 0.3) is 0 Å². The third-order valence-electron chi connectivity index (χ3n) is 4.76. The molecule has 0 radical (unpaired) electrons. The highest BCUT2D eigenvalue weighted by atomic mass is 16.3. The van der Waals surface area contributed by atoms with Crippen molar-refractivity contribution in [2.24, 2.45) is 5.92 Å². The Morgan fingerprint density at radius 3 is 2.56 bits per heavy atom. The molecule has 1 aromatic heterocycles. The number of likely N-dealkylation sites (tertiary alicyclic amines) is 1. The first kappa shape index (κ1) is 17.5. The number of aliphatic hydroxyl groups is 1. The summed E-state index contributed by atoms with van der Waals surface area (Å²) in [4.78, 5) is 14.4. The summed E-state index contributed by atoms with van der Waals surface area (Å²) in [7, 11) is 0. The van der Waals surface area contributed by atoms with Crippen LogP contribution in [0, 0.1) is 5.92 Å². The molecule has 2 N–H and O–H groups in total. The molecule has 1 saturated heterocycles. The molecule has 0 atom stereocenters. The summed E-state index contributed by atoms with van der Waals surface area (Å²) in [5.41, 5.74) is 2.73. The summed E-state index contributed by atoms with van der Waals surface area (Å²) in [6.45, 7) is 5.76. The van der Waals surface area contributed by atoms with Crippen molar-refractivity contribution in [2.45, 2.75) is 32.6 Å². The number of benzene rings is 1. The van der Waals surface area contributed by atoms with Gasteiger partial charge in [0.05, 0.1) is 23.3 Å². The van der Waals surface area contributed by atoms with Crippen LogP contribution in [0.4, 0.5) is 10.5 Å². The maximum atomic E-state index is 12.6. The topological polar surface area (TPSA) is 70.4 Å². The average molecular weight is 342 g/mol. The number of urea groups is 1. The first-order valence-electron chi connectivity index (χ1n) is 8.90. The summed E-state index contributed by atoms with van der Waals surface area (Å²) in [6.07, 6.45) is 3.43. The monoisotopic (exact) mass is 342 g/mol. The average Bonchev–Trinajstić information content (AvgIpc) is 3.06. The molecule has 1 fully saturated rings. The van der Waals surface area contributed by atoms with E-state index in [0.717, 1.165) is 29.9 Å². The van der Waals surface area contributed by atoms with E-state index in [4.69, 9.17) is 0 Å². The van der Waals surface area contributed by atoms with Crippen LogP contribution in [0.3, 0.4) is 0 Å². The molecular formula is C19H26N4O2. The predicted octanol–water partition coefficient (Wildman–Crippen LogP) is 3.23. The van der Waals surface area contributed by atoms with E-state index in [1.54, 1.807) is 6.20 Å². The Bertz CT molecular complexity index is 703. The molecule has 2 amide bonds. The van der Waals surface area contributed by atoms with Gasteiger partial charge in [-0.15, -0.1) is 0 Å². The van der Waals surface area contributed by atoms with Gasteiger partial charge in [-0.1, -0.05) is 32.0 Å². The Labute approximate surface area is 148 Å². The molecule has 3 rings (SSSR count). The van der Waals surface area contributed by atoms with Gasteiger partial charge in [-0.2, -0.15) is 5.10 Å². The lowest BCUT2D eigenvalue weighted by Gasteiger charge is -2.31. The lowest BCUT2D eigenvalue weighted by molar-refractivity contribution is 0.143. The highest BCUT2D eigenvalue weighted by molar-refractivity contribution is 5.90. The fraction of sp³-hybridized carbons (Fsp3) is 0.474. The smallest absolute Gasteiger partial charge is 0.321 e. The van der Waals surface area contributed by atoms with Gasteiger partial charge in [0.15, 0.2) is 0 Å². The van der Waals surface area contributed by atoms with Crippen molar-refractivity contribution in [1.29, 1.82) is 0 Å². The van der Waals surface area contributed by atoms with Crippen molar-refractivity contribution in [2.75, 3.05) is 25.0 Å². The Kier molecular flexibility index (Phi) is 5.38. The number of hydrogen-bond donors (Lipinski definition) is 2. The van der Waals surface area contributed by atoms with Crippen LogP contribution in [-0.4, -0.2) is 45.5 Å². The zero-order valence-corrected chi connectivity index (χ0v) is 14.9. The Morgan fingerprint density at radius 2 is 1.96 bits per heavy atom. The molecule has 0 bridgehead atoms. The number of rotatable bonds is 4. The molecule has 2 heterocycles. The maximum absolute atomic E-state index is 12.6. The van der Waals surface area contributed by atoms with Crippen LogP contribution in [0.25, 0.3) is 5.69 Å². The number of para-hydroxylation sites is 1. The van der Waals surface area contributed by atoms with Crippen LogP contribution in [0.2, 0.25) is 0 Å². The Balaban J connectivity index is 1.77. The largest absolute Gasteiger partial charge is 0.396 e. The van der Waals surface area contributed by atoms with E-state index < -0.39 is 0 Å². The molecule has 6 nitrogen and oxygen atoms in total. The van der Waals surface area contributed by atoms with Crippen LogP contribution in [0.1, 0.15) is 38.3 Å². The van der Waals surface area contributed by atoms with Crippen molar-refractivity contribution >= 4 is 11.7 Å². The van der Waals surface area contributed by atoms with Gasteiger partial charge in [0, 0.05) is 19.7 Å². The van der Waals surface area contributed by atoms with Gasteiger partial charge in [-0.05, 0) is 36.8 Å². The zero-order chi connectivity index (χ0) is 17.8. The number of amides is 2. The molecule has 0 saturated carbocycles. The number of aliphatic hydroxyl groups excluding tert-OH is 1. The molecule has 134 valence electrons. The SMILES string of the molecule is CC(C)c1c(NC(=O)N2CCC(CO)CC2)cnn1-c1ccccc1. The highest BCUT2D eigenvalue weighted by Crippen LogP contribution is 2.27. The summed E-state index contributed by atoms with van der Waals surface area (Å²) in [5.74, 6) is 0.536. The van der Waals surface area contributed by atoms with E-state index in [-0.39, 0.29) is 18.6 Å². The minimum atomic E-state index is -0.0918. The van der Waals surface area contributed by atoms with Crippen molar-refractivity contribution in [3.63, 3.8) is 0 Å². The van der Waals surface area contributed by atoms with Gasteiger partial charge < -0.3 is 15.3 Å². The van der Waals surface area contributed by atoms with E-state index in [0.29, 0.717) is 19.0 Å². The summed E-state index contributed by atoms with van der Waals surface area (Å²) < 4.78 is 1.89. The summed E-state index contributed by atoms with van der Waals surface area (Å²) in [5, 5.41) is 16.7. The second-order valence-corrected chi connectivity index (χ2v) is 6.89. The molecule has 1 aliphatic heterocycles. The van der Waals surface area contributed by atoms with E-state index in [1.165, 1.54) is 0 Å². The van der Waals surface area contributed by atoms with Crippen LogP contribution in [0.5, 0.6) is 0 Å². The standard InChI is InChI=1S/C19H26N4O2/c1-14(2)18-17(12-20-23(18)16-6-4-3-5-7-16)21-19(25)22-10-8-15(13-24)9-11-22/h3-7,12,14-15,24H,8-11,13H2,1-2H3,(H,21,25). The number of carbonyl (C=O) groups is 1. The van der Waals surface area contributed by atoms with Crippen molar-refractivity contribution in [3.8, 4) is 5.69 Å². The number of nitrogens with one attached hydrogen (secondary N) is 1. The number of aromatic nitrogens is 2. The molecule has 0 spiro atoms. The van der Waals surface area contributed by atoms with Gasteiger partial charge in [-0.25, -0.2) is 9.48 Å². The molecule has 2 aromatic rings. The second-order valence-electron chi connectivity index (χ2n) is 6.89. The van der Waals surface area contributed by atoms with Gasteiger partial charge in [-0.3, -0.25) is 0 Å². The number of nitrogens with zero attached hydrogens (tertiary/aromatic N) is 3. The summed E-state index contributed by atoms with van der Waals surface area (Å²) in [6, 6.07) is 9.84. The number of piperidine rings is 1. The summed E-state index contributed by atoms with van der Waals surface area (Å²) >= 11 is 0. The number of hydrogen-bond acceptors (Lipinski definition) is 3. The third kappa shape index (κ3) is 3.85. The number of anilines is 1. The highest BCUT2D eigenvalue weighted by Gasteiger charge is 2.24. The van der Waals surface area contributed by atoms with E-state index >= 15 is 0 Å². The predicted molar refractivity (Wildman–Crippen MR) is 98.1 cm³/mol. The normalized spacial score (nSPS) is 15.6. The molecular weight excluding hydrogens is 316 g/mol. The van der Waals surface area contributed by atoms with Crippen LogP contribution < -0.4 is 5.32 Å². The van der Waals surface area contributed by atoms with E-state index in [2.05, 4.69) is 24.3 Å². The molecule has 6 heteroatoms. The fourth-order valence-electron chi connectivity index (χ4n) is 3.30. The van der Waals surface area contributed by atoms with Crippen molar-refractivity contribution in [1.82, 2.24) is 14.7 Å². The first-order chi connectivity index (χ1) is 12.1.